The van der Waals surface area contributed by atoms with Crippen LogP contribution in [0.3, 0.4) is 0 Å². The van der Waals surface area contributed by atoms with Crippen LogP contribution in [-0.4, -0.2) is 10.1 Å². The number of aromatic nitrogens is 1. The second-order valence-electron chi connectivity index (χ2n) is 4.11. The van der Waals surface area contributed by atoms with E-state index in [0.717, 1.165) is 26.6 Å². The molecule has 2 aromatic carbocycles. The van der Waals surface area contributed by atoms with Crippen molar-refractivity contribution in [2.24, 2.45) is 0 Å². The number of rotatable bonds is 2. The summed E-state index contributed by atoms with van der Waals surface area (Å²) in [6, 6.07) is 13.3. The predicted octanol–water partition coefficient (Wildman–Crippen LogP) is 4.05. The zero-order valence-electron chi connectivity index (χ0n) is 9.84. The first-order valence-corrected chi connectivity index (χ1v) is 6.46. The summed E-state index contributed by atoms with van der Waals surface area (Å²) in [6.45, 7) is 1.95. The first kappa shape index (κ1) is 11.0. The summed E-state index contributed by atoms with van der Waals surface area (Å²) in [5.41, 5.74) is 2.96. The molecule has 0 bridgehead atoms. The molecule has 0 aliphatic rings. The van der Waals surface area contributed by atoms with Gasteiger partial charge in [-0.15, -0.1) is 0 Å². The molecule has 0 atom stereocenters. The number of phenolic OH excluding ortho intramolecular Hbond substituents is 1. The lowest BCUT2D eigenvalue weighted by Crippen LogP contribution is -1.91. The van der Waals surface area contributed by atoms with E-state index in [-0.39, 0.29) is 5.75 Å². The van der Waals surface area contributed by atoms with E-state index in [0.29, 0.717) is 0 Å². The van der Waals surface area contributed by atoms with Gasteiger partial charge in [0.15, 0.2) is 5.13 Å². The van der Waals surface area contributed by atoms with Gasteiger partial charge in [0.2, 0.25) is 0 Å². The Labute approximate surface area is 109 Å². The van der Waals surface area contributed by atoms with Crippen molar-refractivity contribution in [3.05, 3.63) is 48.0 Å². The summed E-state index contributed by atoms with van der Waals surface area (Å²) < 4.78 is 1.16. The van der Waals surface area contributed by atoms with E-state index in [9.17, 15) is 5.11 Å². The highest BCUT2D eigenvalue weighted by atomic mass is 32.1. The highest BCUT2D eigenvalue weighted by molar-refractivity contribution is 7.22. The summed E-state index contributed by atoms with van der Waals surface area (Å²) in [5, 5.41) is 13.5. The van der Waals surface area contributed by atoms with Gasteiger partial charge in [0.1, 0.15) is 5.75 Å². The highest BCUT2D eigenvalue weighted by Crippen LogP contribution is 2.30. The molecule has 3 rings (SSSR count). The van der Waals surface area contributed by atoms with E-state index in [1.165, 1.54) is 0 Å². The van der Waals surface area contributed by atoms with Crippen LogP contribution in [0.25, 0.3) is 10.2 Å². The molecule has 0 saturated heterocycles. The molecule has 1 aromatic heterocycles. The summed E-state index contributed by atoms with van der Waals surface area (Å²) >= 11 is 1.62. The third kappa shape index (κ3) is 2.02. The number of para-hydroxylation sites is 1. The van der Waals surface area contributed by atoms with Crippen molar-refractivity contribution >= 4 is 32.4 Å². The maximum Gasteiger partial charge on any atom is 0.188 e. The molecule has 0 aliphatic carbocycles. The molecule has 0 spiro atoms. The van der Waals surface area contributed by atoms with Crippen molar-refractivity contribution in [3.63, 3.8) is 0 Å². The lowest BCUT2D eigenvalue weighted by molar-refractivity contribution is 0.475. The minimum absolute atomic E-state index is 0.280. The number of hydrogen-bond donors (Lipinski definition) is 2. The molecule has 0 aliphatic heterocycles. The van der Waals surface area contributed by atoms with E-state index in [2.05, 4.69) is 16.4 Å². The highest BCUT2D eigenvalue weighted by Gasteiger charge is 2.05. The molecule has 2 N–H and O–H groups in total. The monoisotopic (exact) mass is 256 g/mol. The summed E-state index contributed by atoms with van der Waals surface area (Å²) in [7, 11) is 0. The van der Waals surface area contributed by atoms with Crippen molar-refractivity contribution in [2.45, 2.75) is 6.92 Å². The lowest BCUT2D eigenvalue weighted by atomic mass is 10.2. The average Bonchev–Trinajstić information content (AvgIpc) is 2.75. The molecule has 90 valence electrons. The zero-order chi connectivity index (χ0) is 12.5. The number of fused-ring (bicyclic) bond motifs is 1. The fourth-order valence-corrected chi connectivity index (χ4v) is 2.71. The summed E-state index contributed by atoms with van der Waals surface area (Å²) in [5.74, 6) is 0.280. The van der Waals surface area contributed by atoms with Crippen LogP contribution in [0.4, 0.5) is 10.8 Å². The minimum Gasteiger partial charge on any atom is -0.508 e. The van der Waals surface area contributed by atoms with E-state index < -0.39 is 0 Å². The first-order chi connectivity index (χ1) is 8.72. The Balaban J connectivity index is 1.96. The molecule has 0 saturated carbocycles. The second kappa shape index (κ2) is 4.31. The Bertz CT molecular complexity index is 673. The maximum absolute atomic E-state index is 9.38. The fraction of sp³-hybridized carbons (Fsp3) is 0.0714. The summed E-state index contributed by atoms with van der Waals surface area (Å²) in [6.07, 6.45) is 0. The zero-order valence-corrected chi connectivity index (χ0v) is 10.7. The smallest absolute Gasteiger partial charge is 0.188 e. The van der Waals surface area contributed by atoms with Crippen molar-refractivity contribution in [2.75, 3.05) is 5.32 Å². The molecule has 18 heavy (non-hydrogen) atoms. The number of anilines is 2. The fourth-order valence-electron chi connectivity index (χ4n) is 1.83. The maximum atomic E-state index is 9.38. The van der Waals surface area contributed by atoms with Gasteiger partial charge < -0.3 is 10.4 Å². The van der Waals surface area contributed by atoms with Gasteiger partial charge in [-0.3, -0.25) is 0 Å². The third-order valence-corrected chi connectivity index (χ3v) is 3.70. The molecular weight excluding hydrogens is 244 g/mol. The van der Waals surface area contributed by atoms with Gasteiger partial charge >= 0.3 is 0 Å². The van der Waals surface area contributed by atoms with E-state index >= 15 is 0 Å². The predicted molar refractivity (Wildman–Crippen MR) is 75.7 cm³/mol. The van der Waals surface area contributed by atoms with Gasteiger partial charge in [-0.2, -0.15) is 0 Å². The largest absolute Gasteiger partial charge is 0.508 e. The summed E-state index contributed by atoms with van der Waals surface area (Å²) in [4.78, 5) is 4.52. The van der Waals surface area contributed by atoms with Crippen LogP contribution in [0.15, 0.2) is 42.5 Å². The van der Waals surface area contributed by atoms with E-state index in [4.69, 9.17) is 0 Å². The van der Waals surface area contributed by atoms with Gasteiger partial charge in [-0.25, -0.2) is 4.98 Å². The minimum atomic E-state index is 0.280. The number of nitrogens with zero attached hydrogens (tertiary/aromatic N) is 1. The molecule has 0 fully saturated rings. The number of hydrogen-bond acceptors (Lipinski definition) is 4. The van der Waals surface area contributed by atoms with E-state index in [1.54, 1.807) is 23.5 Å². The number of aromatic hydroxyl groups is 1. The molecular formula is C14H12N2OS. The second-order valence-corrected chi connectivity index (χ2v) is 5.14. The van der Waals surface area contributed by atoms with Gasteiger partial charge in [-0.05, 0) is 42.8 Å². The van der Waals surface area contributed by atoms with Gasteiger partial charge in [0, 0.05) is 5.69 Å². The van der Waals surface area contributed by atoms with Gasteiger partial charge in [-0.1, -0.05) is 23.5 Å². The number of thiazole rings is 1. The van der Waals surface area contributed by atoms with Crippen molar-refractivity contribution in [1.29, 1.82) is 0 Å². The van der Waals surface area contributed by atoms with Crippen molar-refractivity contribution < 1.29 is 5.11 Å². The van der Waals surface area contributed by atoms with Crippen LogP contribution in [0.5, 0.6) is 5.75 Å². The first-order valence-electron chi connectivity index (χ1n) is 5.64. The number of nitrogens with one attached hydrogen (secondary N) is 1. The third-order valence-electron chi connectivity index (χ3n) is 2.75. The quantitative estimate of drug-likeness (QED) is 0.680. The molecule has 3 aromatic rings. The Kier molecular flexibility index (Phi) is 2.64. The molecule has 0 radical (unpaired) electrons. The Hall–Kier alpha value is -2.07. The van der Waals surface area contributed by atoms with Crippen LogP contribution in [0.2, 0.25) is 0 Å². The molecule has 0 amide bonds. The van der Waals surface area contributed by atoms with Crippen molar-refractivity contribution in [3.8, 4) is 5.75 Å². The molecule has 0 unspecified atom stereocenters. The van der Waals surface area contributed by atoms with Crippen LogP contribution in [-0.2, 0) is 0 Å². The van der Waals surface area contributed by atoms with Crippen molar-refractivity contribution in [1.82, 2.24) is 4.98 Å². The van der Waals surface area contributed by atoms with Gasteiger partial charge in [0.05, 0.1) is 10.2 Å². The number of aryl methyl sites for hydroxylation is 1. The lowest BCUT2D eigenvalue weighted by Gasteiger charge is -2.06. The van der Waals surface area contributed by atoms with Crippen LogP contribution >= 0.6 is 11.3 Å². The van der Waals surface area contributed by atoms with E-state index in [1.807, 2.05) is 31.2 Å². The SMILES string of the molecule is Cc1cc(O)ccc1Nc1nc2ccccc2s1. The number of phenols is 1. The topological polar surface area (TPSA) is 45.1 Å². The standard InChI is InChI=1S/C14H12N2OS/c1-9-8-10(17)6-7-11(9)15-14-16-12-4-2-3-5-13(12)18-14/h2-8,17H,1H3,(H,15,16). The van der Waals surface area contributed by atoms with Crippen LogP contribution in [0, 0.1) is 6.92 Å². The Morgan fingerprint density at radius 3 is 2.78 bits per heavy atom. The molecule has 4 heteroatoms. The molecule has 1 heterocycles. The average molecular weight is 256 g/mol. The van der Waals surface area contributed by atoms with Crippen LogP contribution < -0.4 is 5.32 Å². The van der Waals surface area contributed by atoms with Crippen LogP contribution in [0.1, 0.15) is 5.56 Å². The normalized spacial score (nSPS) is 10.7. The molecule has 3 nitrogen and oxygen atoms in total. The number of benzene rings is 2. The van der Waals surface area contributed by atoms with Gasteiger partial charge in [0.25, 0.3) is 0 Å². The Morgan fingerprint density at radius 1 is 1.17 bits per heavy atom. The Morgan fingerprint density at radius 2 is 2.00 bits per heavy atom.